The molecule has 1 aliphatic heterocycles. The molecule has 0 bridgehead atoms. The highest BCUT2D eigenvalue weighted by Crippen LogP contribution is 2.40. The highest BCUT2D eigenvalue weighted by atomic mass is 19.1. The predicted octanol–water partition coefficient (Wildman–Crippen LogP) is 4.13. The second kappa shape index (κ2) is 10.6. The van der Waals surface area contributed by atoms with E-state index in [4.69, 9.17) is 23.9 Å². The smallest absolute Gasteiger partial charge is 0.185 e. The van der Waals surface area contributed by atoms with E-state index in [1.54, 1.807) is 24.9 Å². The maximum atomic E-state index is 14.4. The number of nitrogens with one attached hydrogen (secondary N) is 1. The third-order valence-corrected chi connectivity index (χ3v) is 6.45. The fourth-order valence-electron chi connectivity index (χ4n) is 4.42. The molecule has 11 heteroatoms. The first-order valence-electron chi connectivity index (χ1n) is 12.2. The zero-order valence-electron chi connectivity index (χ0n) is 21.7. The maximum Gasteiger partial charge on any atom is 0.185 e. The van der Waals surface area contributed by atoms with Gasteiger partial charge in [-0.05, 0) is 12.1 Å². The molecule has 4 aromatic rings. The molecule has 1 atom stereocenters. The molecule has 2 aromatic heterocycles. The first-order valence-corrected chi connectivity index (χ1v) is 12.2. The summed E-state index contributed by atoms with van der Waals surface area (Å²) < 4.78 is 38.4. The normalized spacial score (nSPS) is 13.3. The highest BCUT2D eigenvalue weighted by Gasteiger charge is 2.22. The monoisotopic (exact) mass is 523 g/mol. The molecular weight excluding hydrogens is 493 g/mol. The van der Waals surface area contributed by atoms with E-state index in [9.17, 15) is 9.50 Å². The van der Waals surface area contributed by atoms with Crippen LogP contribution in [0.1, 0.15) is 24.0 Å². The Morgan fingerprint density at radius 2 is 1.97 bits per heavy atom. The van der Waals surface area contributed by atoms with Crippen LogP contribution in [0, 0.1) is 5.82 Å². The van der Waals surface area contributed by atoms with Crippen LogP contribution >= 0.6 is 0 Å². The quantitative estimate of drug-likeness (QED) is 0.335. The molecule has 0 aliphatic carbocycles. The lowest BCUT2D eigenvalue weighted by atomic mass is 10.1. The Labute approximate surface area is 219 Å². The number of rotatable bonds is 9. The molecule has 200 valence electrons. The summed E-state index contributed by atoms with van der Waals surface area (Å²) in [6, 6.07) is 10.1. The minimum Gasteiger partial charge on any atom is -0.497 e. The summed E-state index contributed by atoms with van der Waals surface area (Å²) in [5.74, 6) is 2.68. The van der Waals surface area contributed by atoms with Gasteiger partial charge in [-0.15, -0.1) is 0 Å². The van der Waals surface area contributed by atoms with Crippen molar-refractivity contribution in [3.8, 4) is 23.0 Å². The van der Waals surface area contributed by atoms with Gasteiger partial charge in [-0.25, -0.2) is 9.37 Å². The number of fused-ring (bicyclic) bond motifs is 2. The number of halogens is 1. The van der Waals surface area contributed by atoms with Crippen molar-refractivity contribution in [2.45, 2.75) is 19.4 Å². The van der Waals surface area contributed by atoms with Crippen LogP contribution in [0.15, 0.2) is 42.6 Å². The molecule has 10 nitrogen and oxygen atoms in total. The van der Waals surface area contributed by atoms with E-state index >= 15 is 0 Å². The lowest BCUT2D eigenvalue weighted by Gasteiger charge is -2.24. The molecule has 0 saturated carbocycles. The lowest BCUT2D eigenvalue weighted by molar-refractivity contribution is 0.172. The lowest BCUT2D eigenvalue weighted by Crippen LogP contribution is -2.21. The van der Waals surface area contributed by atoms with Gasteiger partial charge in [-0.2, -0.15) is 9.61 Å². The van der Waals surface area contributed by atoms with Crippen LogP contribution in [0.4, 0.5) is 21.7 Å². The Morgan fingerprint density at radius 1 is 1.16 bits per heavy atom. The number of hydrogen-bond acceptors (Lipinski definition) is 9. The Hall–Kier alpha value is -4.25. The Bertz CT molecular complexity index is 1460. The van der Waals surface area contributed by atoms with Gasteiger partial charge in [-0.1, -0.05) is 6.92 Å². The van der Waals surface area contributed by atoms with E-state index in [-0.39, 0.29) is 12.5 Å². The van der Waals surface area contributed by atoms with Gasteiger partial charge in [0.2, 0.25) is 0 Å². The summed E-state index contributed by atoms with van der Waals surface area (Å²) in [4.78, 5) is 6.78. The van der Waals surface area contributed by atoms with Gasteiger partial charge >= 0.3 is 0 Å². The third-order valence-electron chi connectivity index (χ3n) is 6.45. The van der Waals surface area contributed by atoms with E-state index in [0.717, 1.165) is 11.1 Å². The molecule has 38 heavy (non-hydrogen) atoms. The van der Waals surface area contributed by atoms with Crippen molar-refractivity contribution in [2.75, 3.05) is 51.3 Å². The number of aliphatic hydroxyl groups excluding tert-OH is 1. The standard InChI is InChI=1S/C27H30FN5O5/c1-16(15-34)20-13-29-33-25(32(2)14-17-5-6-19(35-3)11-22(17)36-4)12-24(31-27(20)33)30-21-9-18(28)10-23-26(21)38-8-7-37-23/h5-6,9-13,16,34H,7-8,14-15H2,1-4H3,(H,30,31). The number of methoxy groups -OCH3 is 2. The van der Waals surface area contributed by atoms with Crippen molar-refractivity contribution >= 4 is 23.0 Å². The number of nitrogens with zero attached hydrogens (tertiary/aromatic N) is 4. The Balaban J connectivity index is 1.57. The van der Waals surface area contributed by atoms with E-state index in [2.05, 4.69) is 10.4 Å². The SMILES string of the molecule is COc1ccc(CN(C)c2cc(Nc3cc(F)cc4c3OCCO4)nc3c(C(C)CO)cnn23)c(OC)c1. The molecule has 0 saturated heterocycles. The van der Waals surface area contributed by atoms with Crippen molar-refractivity contribution in [1.82, 2.24) is 14.6 Å². The number of hydrogen-bond donors (Lipinski definition) is 2. The molecule has 5 rings (SSSR count). The molecule has 1 aliphatic rings. The Kier molecular flexibility index (Phi) is 7.10. The minimum absolute atomic E-state index is 0.0580. The third kappa shape index (κ3) is 4.84. The summed E-state index contributed by atoms with van der Waals surface area (Å²) in [5, 5.41) is 17.6. The van der Waals surface area contributed by atoms with Gasteiger partial charge in [-0.3, -0.25) is 0 Å². The molecule has 2 N–H and O–H groups in total. The summed E-state index contributed by atoms with van der Waals surface area (Å²) in [7, 11) is 5.16. The number of aromatic nitrogens is 3. The average Bonchev–Trinajstić information content (AvgIpc) is 3.36. The fraction of sp³-hybridized carbons (Fsp3) is 0.333. The van der Waals surface area contributed by atoms with Crippen molar-refractivity contribution in [3.05, 3.63) is 59.5 Å². The molecule has 0 radical (unpaired) electrons. The minimum atomic E-state index is -0.458. The summed E-state index contributed by atoms with van der Waals surface area (Å²) in [5.41, 5.74) is 2.70. The zero-order valence-corrected chi connectivity index (χ0v) is 21.7. The van der Waals surface area contributed by atoms with E-state index in [0.29, 0.717) is 65.7 Å². The molecule has 0 amide bonds. The van der Waals surface area contributed by atoms with Crippen molar-refractivity contribution in [2.24, 2.45) is 0 Å². The molecular formula is C27H30FN5O5. The summed E-state index contributed by atoms with van der Waals surface area (Å²) in [6.07, 6.45) is 1.71. The van der Waals surface area contributed by atoms with Crippen LogP contribution < -0.4 is 29.2 Å². The number of aliphatic hydroxyl groups is 1. The zero-order chi connectivity index (χ0) is 26.8. The van der Waals surface area contributed by atoms with Crippen LogP contribution in [0.25, 0.3) is 5.65 Å². The molecule has 3 heterocycles. The van der Waals surface area contributed by atoms with E-state index in [1.165, 1.54) is 12.1 Å². The predicted molar refractivity (Wildman–Crippen MR) is 141 cm³/mol. The largest absolute Gasteiger partial charge is 0.497 e. The topological polar surface area (TPSA) is 103 Å². The van der Waals surface area contributed by atoms with E-state index < -0.39 is 5.82 Å². The average molecular weight is 524 g/mol. The number of benzene rings is 2. The highest BCUT2D eigenvalue weighted by molar-refractivity contribution is 5.72. The fourth-order valence-corrected chi connectivity index (χ4v) is 4.42. The Morgan fingerprint density at radius 3 is 2.74 bits per heavy atom. The maximum absolute atomic E-state index is 14.4. The first kappa shape index (κ1) is 25.4. The summed E-state index contributed by atoms with van der Waals surface area (Å²) >= 11 is 0. The van der Waals surface area contributed by atoms with Gasteiger partial charge in [0.1, 0.15) is 42.2 Å². The molecule has 1 unspecified atom stereocenters. The van der Waals surface area contributed by atoms with Gasteiger partial charge in [0.25, 0.3) is 0 Å². The van der Waals surface area contributed by atoms with Crippen LogP contribution in [-0.4, -0.2) is 60.8 Å². The van der Waals surface area contributed by atoms with Crippen LogP contribution in [-0.2, 0) is 6.54 Å². The number of anilines is 3. The van der Waals surface area contributed by atoms with Crippen LogP contribution in [0.3, 0.4) is 0 Å². The second-order valence-corrected chi connectivity index (χ2v) is 9.05. The second-order valence-electron chi connectivity index (χ2n) is 9.05. The van der Waals surface area contributed by atoms with Crippen molar-refractivity contribution < 1.29 is 28.4 Å². The van der Waals surface area contributed by atoms with E-state index in [1.807, 2.05) is 43.1 Å². The van der Waals surface area contributed by atoms with Gasteiger partial charge in [0.05, 0.1) is 26.1 Å². The number of ether oxygens (including phenoxy) is 4. The van der Waals surface area contributed by atoms with Gasteiger partial charge in [0.15, 0.2) is 17.1 Å². The van der Waals surface area contributed by atoms with Crippen molar-refractivity contribution in [3.63, 3.8) is 0 Å². The van der Waals surface area contributed by atoms with Crippen LogP contribution in [0.5, 0.6) is 23.0 Å². The van der Waals surface area contributed by atoms with Gasteiger partial charge < -0.3 is 34.3 Å². The first-order chi connectivity index (χ1) is 18.4. The van der Waals surface area contributed by atoms with Crippen molar-refractivity contribution in [1.29, 1.82) is 0 Å². The molecule has 2 aromatic carbocycles. The molecule has 0 spiro atoms. The van der Waals surface area contributed by atoms with Gasteiger partial charge in [0, 0.05) is 61.5 Å². The summed E-state index contributed by atoms with van der Waals surface area (Å²) in [6.45, 7) is 3.04. The van der Waals surface area contributed by atoms with Crippen LogP contribution in [0.2, 0.25) is 0 Å². The molecule has 0 fully saturated rings.